The highest BCUT2D eigenvalue weighted by molar-refractivity contribution is 5.85. The topological polar surface area (TPSA) is 55.6 Å². The number of fused-ring (bicyclic) bond motifs is 1. The lowest BCUT2D eigenvalue weighted by Gasteiger charge is -2.19. The van der Waals surface area contributed by atoms with E-state index in [0.717, 1.165) is 19.4 Å². The van der Waals surface area contributed by atoms with E-state index in [-0.39, 0.29) is 5.97 Å². The van der Waals surface area contributed by atoms with Gasteiger partial charge in [-0.25, -0.2) is 9.80 Å². The lowest BCUT2D eigenvalue weighted by atomic mass is 10.2. The van der Waals surface area contributed by atoms with Crippen molar-refractivity contribution in [1.29, 1.82) is 0 Å². The molecule has 2 N–H and O–H groups in total. The van der Waals surface area contributed by atoms with Crippen LogP contribution in [0.2, 0.25) is 0 Å². The first-order valence-corrected chi connectivity index (χ1v) is 3.82. The molecule has 4 nitrogen and oxygen atoms in total. The predicted molar refractivity (Wildman–Crippen MR) is 38.4 cm³/mol. The van der Waals surface area contributed by atoms with Gasteiger partial charge < -0.3 is 4.74 Å². The third kappa shape index (κ3) is 0.684. The molecule has 2 rings (SSSR count). The highest BCUT2D eigenvalue weighted by atomic mass is 16.5. The third-order valence-electron chi connectivity index (χ3n) is 2.84. The molecule has 0 aromatic heterocycles. The molecule has 2 atom stereocenters. The lowest BCUT2D eigenvalue weighted by molar-refractivity contribution is -0.148. The summed E-state index contributed by atoms with van der Waals surface area (Å²) < 4.78 is 4.69. The molecule has 1 heterocycles. The molecule has 1 saturated carbocycles. The van der Waals surface area contributed by atoms with Gasteiger partial charge in [-0.3, -0.25) is 5.84 Å². The molecule has 0 spiro atoms. The van der Waals surface area contributed by atoms with Crippen LogP contribution in [0, 0.1) is 5.92 Å². The molecule has 2 aliphatic rings. The molecule has 1 aliphatic heterocycles. The standard InChI is InChI=1S/C7H12N2O2/c1-11-6(10)7-4-5(7)2-3-9(7)8/h5H,2-4,8H2,1H3/t5-,7-/m1/s1. The molecule has 4 heteroatoms. The Balaban J connectivity index is 2.18. The van der Waals surface area contributed by atoms with Gasteiger partial charge in [0.15, 0.2) is 0 Å². The van der Waals surface area contributed by atoms with Gasteiger partial charge in [0.1, 0.15) is 5.54 Å². The molecule has 62 valence electrons. The molecule has 0 amide bonds. The minimum absolute atomic E-state index is 0.164. The molecular formula is C7H12N2O2. The Morgan fingerprint density at radius 2 is 2.55 bits per heavy atom. The van der Waals surface area contributed by atoms with Crippen LogP contribution in [0.4, 0.5) is 0 Å². The second-order valence-corrected chi connectivity index (χ2v) is 3.30. The number of ether oxygens (including phenoxy) is 1. The Kier molecular flexibility index (Phi) is 1.25. The number of methoxy groups -OCH3 is 1. The summed E-state index contributed by atoms with van der Waals surface area (Å²) in [6, 6.07) is 0. The van der Waals surface area contributed by atoms with Gasteiger partial charge in [0.2, 0.25) is 0 Å². The summed E-state index contributed by atoms with van der Waals surface area (Å²) in [4.78, 5) is 11.2. The molecule has 0 bridgehead atoms. The first-order chi connectivity index (χ1) is 5.21. The summed E-state index contributed by atoms with van der Waals surface area (Å²) in [6.45, 7) is 0.819. The number of rotatable bonds is 1. The molecule has 1 saturated heterocycles. The molecule has 2 fully saturated rings. The van der Waals surface area contributed by atoms with Crippen molar-refractivity contribution < 1.29 is 9.53 Å². The van der Waals surface area contributed by atoms with Crippen molar-refractivity contribution in [3.63, 3.8) is 0 Å². The summed E-state index contributed by atoms with van der Waals surface area (Å²) in [6.07, 6.45) is 1.92. The predicted octanol–water partition coefficient (Wildman–Crippen LogP) is -0.502. The number of carbonyl (C=O) groups excluding carboxylic acids is 1. The summed E-state index contributed by atoms with van der Waals surface area (Å²) in [5, 5.41) is 1.63. The van der Waals surface area contributed by atoms with Crippen molar-refractivity contribution in [3.8, 4) is 0 Å². The number of hydrogen-bond donors (Lipinski definition) is 1. The van der Waals surface area contributed by atoms with E-state index in [1.807, 2.05) is 0 Å². The van der Waals surface area contributed by atoms with Crippen molar-refractivity contribution in [2.75, 3.05) is 13.7 Å². The van der Waals surface area contributed by atoms with Gasteiger partial charge in [0.25, 0.3) is 0 Å². The van der Waals surface area contributed by atoms with Gasteiger partial charge in [-0.15, -0.1) is 0 Å². The summed E-state index contributed by atoms with van der Waals surface area (Å²) >= 11 is 0. The van der Waals surface area contributed by atoms with Gasteiger partial charge in [-0.1, -0.05) is 0 Å². The number of piperidine rings is 1. The van der Waals surface area contributed by atoms with E-state index in [0.29, 0.717) is 5.92 Å². The molecule has 11 heavy (non-hydrogen) atoms. The van der Waals surface area contributed by atoms with Crippen molar-refractivity contribution in [2.24, 2.45) is 11.8 Å². The Bertz CT molecular complexity index is 207. The molecule has 1 aliphatic carbocycles. The fraction of sp³-hybridized carbons (Fsp3) is 0.857. The van der Waals surface area contributed by atoms with E-state index < -0.39 is 5.54 Å². The van der Waals surface area contributed by atoms with Crippen LogP contribution < -0.4 is 5.84 Å². The van der Waals surface area contributed by atoms with Gasteiger partial charge in [0.05, 0.1) is 7.11 Å². The van der Waals surface area contributed by atoms with Crippen LogP contribution >= 0.6 is 0 Å². The third-order valence-corrected chi connectivity index (χ3v) is 2.84. The molecule has 0 aromatic carbocycles. The fourth-order valence-corrected chi connectivity index (χ4v) is 2.05. The van der Waals surface area contributed by atoms with Gasteiger partial charge in [-0.2, -0.15) is 0 Å². The van der Waals surface area contributed by atoms with Crippen molar-refractivity contribution in [2.45, 2.75) is 18.4 Å². The first-order valence-electron chi connectivity index (χ1n) is 3.82. The number of carbonyl (C=O) groups is 1. The van der Waals surface area contributed by atoms with E-state index in [1.54, 1.807) is 5.01 Å². The second-order valence-electron chi connectivity index (χ2n) is 3.30. The van der Waals surface area contributed by atoms with Crippen LogP contribution in [-0.4, -0.2) is 30.2 Å². The zero-order valence-electron chi connectivity index (χ0n) is 6.54. The Labute approximate surface area is 65.3 Å². The Hall–Kier alpha value is -0.610. The molecular weight excluding hydrogens is 144 g/mol. The zero-order valence-corrected chi connectivity index (χ0v) is 6.54. The zero-order chi connectivity index (χ0) is 8.06. The van der Waals surface area contributed by atoms with Crippen LogP contribution in [-0.2, 0) is 9.53 Å². The molecule has 0 aromatic rings. The maximum absolute atomic E-state index is 11.2. The smallest absolute Gasteiger partial charge is 0.327 e. The monoisotopic (exact) mass is 156 g/mol. The number of nitrogens with zero attached hydrogens (tertiary/aromatic N) is 1. The van der Waals surface area contributed by atoms with E-state index >= 15 is 0 Å². The van der Waals surface area contributed by atoms with Crippen LogP contribution in [0.3, 0.4) is 0 Å². The maximum Gasteiger partial charge on any atom is 0.327 e. The average Bonchev–Trinajstić information content (AvgIpc) is 2.68. The first kappa shape index (κ1) is 7.06. The van der Waals surface area contributed by atoms with Gasteiger partial charge in [0, 0.05) is 6.54 Å². The molecule has 0 radical (unpaired) electrons. The molecule has 0 unspecified atom stereocenters. The van der Waals surface area contributed by atoms with Crippen LogP contribution in [0.15, 0.2) is 0 Å². The number of nitrogens with two attached hydrogens (primary N) is 1. The highest BCUT2D eigenvalue weighted by Gasteiger charge is 2.67. The van der Waals surface area contributed by atoms with Crippen LogP contribution in [0.5, 0.6) is 0 Å². The highest BCUT2D eigenvalue weighted by Crippen LogP contribution is 2.54. The van der Waals surface area contributed by atoms with Crippen LogP contribution in [0.1, 0.15) is 12.8 Å². The fourth-order valence-electron chi connectivity index (χ4n) is 2.05. The normalized spacial score (nSPS) is 41.8. The van der Waals surface area contributed by atoms with Crippen molar-refractivity contribution in [3.05, 3.63) is 0 Å². The average molecular weight is 156 g/mol. The summed E-state index contributed by atoms with van der Waals surface area (Å²) in [7, 11) is 1.42. The number of esters is 1. The Morgan fingerprint density at radius 1 is 1.82 bits per heavy atom. The Morgan fingerprint density at radius 3 is 2.91 bits per heavy atom. The van der Waals surface area contributed by atoms with E-state index in [9.17, 15) is 4.79 Å². The number of hydrogen-bond acceptors (Lipinski definition) is 4. The second kappa shape index (κ2) is 1.95. The number of hydrazine groups is 1. The van der Waals surface area contributed by atoms with Crippen molar-refractivity contribution >= 4 is 5.97 Å². The van der Waals surface area contributed by atoms with Gasteiger partial charge >= 0.3 is 5.97 Å². The van der Waals surface area contributed by atoms with Crippen LogP contribution in [0.25, 0.3) is 0 Å². The maximum atomic E-state index is 11.2. The van der Waals surface area contributed by atoms with E-state index in [2.05, 4.69) is 4.74 Å². The summed E-state index contributed by atoms with van der Waals surface area (Å²) in [5.41, 5.74) is -0.422. The van der Waals surface area contributed by atoms with Crippen molar-refractivity contribution in [1.82, 2.24) is 5.01 Å². The lowest BCUT2D eigenvalue weighted by Crippen LogP contribution is -2.46. The van der Waals surface area contributed by atoms with E-state index in [1.165, 1.54) is 7.11 Å². The minimum atomic E-state index is -0.422. The van der Waals surface area contributed by atoms with E-state index in [4.69, 9.17) is 5.84 Å². The largest absolute Gasteiger partial charge is 0.468 e. The van der Waals surface area contributed by atoms with Gasteiger partial charge in [-0.05, 0) is 18.8 Å². The minimum Gasteiger partial charge on any atom is -0.468 e. The summed E-state index contributed by atoms with van der Waals surface area (Å²) in [5.74, 6) is 5.96. The quantitative estimate of drug-likeness (QED) is 0.410. The SMILES string of the molecule is COC(=O)[C@@]12C[C@H]1CCN2N.